The Morgan fingerprint density at radius 2 is 1.05 bits per heavy atom. The molecule has 0 aliphatic heterocycles. The maximum Gasteiger partial charge on any atom is 0.335 e. The molecule has 2 nitrogen and oxygen atoms in total. The third-order valence-electron chi connectivity index (χ3n) is 3.26. The molecule has 0 aromatic heterocycles. The first kappa shape index (κ1) is 20.9. The van der Waals surface area contributed by atoms with Crippen LogP contribution in [-0.2, 0) is 11.6 Å². The molecule has 0 aliphatic carbocycles. The molecule has 0 saturated heterocycles. The van der Waals surface area contributed by atoms with Gasteiger partial charge >= 0.3 is 11.6 Å². The van der Waals surface area contributed by atoms with E-state index in [2.05, 4.69) is 13.5 Å². The third-order valence-corrected chi connectivity index (χ3v) is 3.26. The number of rotatable bonds is 13. The van der Waals surface area contributed by atoms with Crippen LogP contribution >= 0.6 is 0 Å². The molecular weight excluding hydrogens is 256 g/mol. The second-order valence-electron chi connectivity index (χ2n) is 5.03. The van der Waals surface area contributed by atoms with Crippen LogP contribution in [0.15, 0.2) is 12.7 Å². The number of hydrogen-bond donors (Lipinski definition) is 0. The molecule has 0 heterocycles. The third kappa shape index (κ3) is 27.0. The summed E-state index contributed by atoms with van der Waals surface area (Å²) >= 11 is -0.750. The van der Waals surface area contributed by atoms with Crippen molar-refractivity contribution in [3.05, 3.63) is 12.7 Å². The number of hydrogen-bond acceptors (Lipinski definition) is 2. The fourth-order valence-electron chi connectivity index (χ4n) is 2.13. The van der Waals surface area contributed by atoms with E-state index in [0.29, 0.717) is 0 Å². The summed E-state index contributed by atoms with van der Waals surface area (Å²) in [5.74, 6) is 0. The Labute approximate surface area is 123 Å². The zero-order valence-corrected chi connectivity index (χ0v) is 13.5. The zero-order chi connectivity index (χ0) is 14.6. The summed E-state index contributed by atoms with van der Waals surface area (Å²) in [4.78, 5) is 0. The summed E-state index contributed by atoms with van der Waals surface area (Å²) < 4.78 is 16.6. The van der Waals surface area contributed by atoms with Gasteiger partial charge in [0.15, 0.2) is 0 Å². The van der Waals surface area contributed by atoms with Crippen LogP contribution in [0.2, 0.25) is 0 Å². The molecule has 0 spiro atoms. The van der Waals surface area contributed by atoms with Gasteiger partial charge in [0.2, 0.25) is 0 Å². The summed E-state index contributed by atoms with van der Waals surface area (Å²) in [7, 11) is 0. The molecule has 3 heteroatoms. The number of unbranched alkanes of at least 4 members (excludes halogenated alkanes) is 12. The molecule has 0 radical (unpaired) electrons. The summed E-state index contributed by atoms with van der Waals surface area (Å²) in [6, 6.07) is 0. The van der Waals surface area contributed by atoms with Gasteiger partial charge in [0.25, 0.3) is 0 Å². The molecular formula is C16H32O2S. The molecule has 0 unspecified atom stereocenters. The van der Waals surface area contributed by atoms with Crippen LogP contribution in [0.5, 0.6) is 0 Å². The van der Waals surface area contributed by atoms with Gasteiger partial charge in [-0.1, -0.05) is 83.6 Å². The highest BCUT2D eigenvalue weighted by Gasteiger charge is 1.92. The Morgan fingerprint density at radius 3 is 1.37 bits per heavy atom. The van der Waals surface area contributed by atoms with Crippen LogP contribution in [0, 0.1) is 0 Å². The molecule has 19 heavy (non-hydrogen) atoms. The quantitative estimate of drug-likeness (QED) is 0.327. The van der Waals surface area contributed by atoms with Crippen LogP contribution in [0.1, 0.15) is 90.4 Å². The van der Waals surface area contributed by atoms with Crippen molar-refractivity contribution in [3.63, 3.8) is 0 Å². The first-order valence-electron chi connectivity index (χ1n) is 7.86. The van der Waals surface area contributed by atoms with E-state index in [1.807, 2.05) is 6.08 Å². The van der Waals surface area contributed by atoms with Crippen molar-refractivity contribution in [2.45, 2.75) is 90.4 Å². The van der Waals surface area contributed by atoms with E-state index in [1.165, 1.54) is 83.5 Å². The average Bonchev–Trinajstić information content (AvgIpc) is 2.41. The average molecular weight is 288 g/mol. The minimum absolute atomic E-state index is 0.750. The Hall–Kier alpha value is -0.440. The smallest absolute Gasteiger partial charge is 0.168 e. The van der Waals surface area contributed by atoms with Crippen molar-refractivity contribution in [2.75, 3.05) is 0 Å². The lowest BCUT2D eigenvalue weighted by atomic mass is 10.0. The SMILES string of the molecule is C=CCCCCCCCCCCCCCC.O=S=O. The van der Waals surface area contributed by atoms with Gasteiger partial charge in [-0.3, -0.25) is 0 Å². The Morgan fingerprint density at radius 1 is 0.737 bits per heavy atom. The molecule has 0 rings (SSSR count). The van der Waals surface area contributed by atoms with Crippen LogP contribution in [-0.4, -0.2) is 8.42 Å². The molecule has 0 aromatic rings. The Bertz CT molecular complexity index is 199. The van der Waals surface area contributed by atoms with Crippen molar-refractivity contribution in [2.24, 2.45) is 0 Å². The maximum absolute atomic E-state index is 8.29. The summed E-state index contributed by atoms with van der Waals surface area (Å²) in [5.41, 5.74) is 0. The van der Waals surface area contributed by atoms with Gasteiger partial charge in [0.05, 0.1) is 0 Å². The summed E-state index contributed by atoms with van der Waals surface area (Å²) in [6.07, 6.45) is 20.5. The molecule has 0 bridgehead atoms. The number of allylic oxidation sites excluding steroid dienone is 1. The Balaban J connectivity index is 0. The monoisotopic (exact) mass is 288 g/mol. The van der Waals surface area contributed by atoms with E-state index in [1.54, 1.807) is 0 Å². The second-order valence-corrected chi connectivity index (χ2v) is 5.17. The standard InChI is InChI=1S/C16H32.O2S/c1-3-5-7-9-11-13-15-16-14-12-10-8-6-4-2;1-3-2/h3H,1,4-16H2,2H3;. The molecule has 0 aliphatic rings. The maximum atomic E-state index is 8.29. The van der Waals surface area contributed by atoms with Crippen LogP contribution in [0.3, 0.4) is 0 Å². The van der Waals surface area contributed by atoms with Crippen molar-refractivity contribution in [1.82, 2.24) is 0 Å². The normalized spacial score (nSPS) is 9.53. The highest BCUT2D eigenvalue weighted by molar-refractivity contribution is 7.51. The van der Waals surface area contributed by atoms with Gasteiger partial charge in [0, 0.05) is 0 Å². The highest BCUT2D eigenvalue weighted by Crippen LogP contribution is 2.12. The van der Waals surface area contributed by atoms with Crippen LogP contribution < -0.4 is 0 Å². The lowest BCUT2D eigenvalue weighted by Crippen LogP contribution is -1.82. The van der Waals surface area contributed by atoms with Crippen molar-refractivity contribution in [1.29, 1.82) is 0 Å². The first-order chi connectivity index (χ1) is 9.33. The summed E-state index contributed by atoms with van der Waals surface area (Å²) in [6.45, 7) is 6.03. The topological polar surface area (TPSA) is 34.1 Å². The minimum Gasteiger partial charge on any atom is -0.168 e. The lowest BCUT2D eigenvalue weighted by molar-refractivity contribution is 0.545. The van der Waals surface area contributed by atoms with Gasteiger partial charge in [-0.15, -0.1) is 6.58 Å². The molecule has 0 amide bonds. The van der Waals surface area contributed by atoms with Gasteiger partial charge in [-0.25, -0.2) is 0 Å². The second kappa shape index (κ2) is 22.7. The molecule has 0 N–H and O–H groups in total. The predicted molar refractivity (Wildman–Crippen MR) is 84.8 cm³/mol. The largest absolute Gasteiger partial charge is 0.335 e. The van der Waals surface area contributed by atoms with Crippen LogP contribution in [0.4, 0.5) is 0 Å². The van der Waals surface area contributed by atoms with Gasteiger partial charge in [0.1, 0.15) is 0 Å². The lowest BCUT2D eigenvalue weighted by Gasteiger charge is -2.02. The first-order valence-corrected chi connectivity index (χ1v) is 8.52. The zero-order valence-electron chi connectivity index (χ0n) is 12.7. The fraction of sp³-hybridized carbons (Fsp3) is 0.875. The Kier molecular flexibility index (Phi) is 25.0. The highest BCUT2D eigenvalue weighted by atomic mass is 32.1. The van der Waals surface area contributed by atoms with E-state index in [0.717, 1.165) is 0 Å². The molecule has 0 atom stereocenters. The van der Waals surface area contributed by atoms with Gasteiger partial charge in [-0.2, -0.15) is 8.42 Å². The predicted octanol–water partition coefficient (Wildman–Crippen LogP) is 5.59. The van der Waals surface area contributed by atoms with E-state index in [4.69, 9.17) is 8.42 Å². The molecule has 114 valence electrons. The van der Waals surface area contributed by atoms with Gasteiger partial charge in [-0.05, 0) is 12.8 Å². The van der Waals surface area contributed by atoms with E-state index < -0.39 is 11.6 Å². The van der Waals surface area contributed by atoms with Crippen molar-refractivity contribution < 1.29 is 8.42 Å². The van der Waals surface area contributed by atoms with E-state index >= 15 is 0 Å². The van der Waals surface area contributed by atoms with Crippen LogP contribution in [0.25, 0.3) is 0 Å². The minimum atomic E-state index is -0.750. The van der Waals surface area contributed by atoms with Gasteiger partial charge < -0.3 is 0 Å². The fourth-order valence-corrected chi connectivity index (χ4v) is 2.13. The summed E-state index contributed by atoms with van der Waals surface area (Å²) in [5, 5.41) is 0. The molecule has 0 fully saturated rings. The van der Waals surface area contributed by atoms with E-state index in [9.17, 15) is 0 Å². The molecule has 0 saturated carbocycles. The van der Waals surface area contributed by atoms with E-state index in [-0.39, 0.29) is 0 Å². The molecule has 0 aromatic carbocycles. The van der Waals surface area contributed by atoms with Crippen molar-refractivity contribution >= 4 is 11.6 Å². The van der Waals surface area contributed by atoms with Crippen molar-refractivity contribution in [3.8, 4) is 0 Å².